The predicted molar refractivity (Wildman–Crippen MR) is 84.0 cm³/mol. The third-order valence-electron chi connectivity index (χ3n) is 3.43. The lowest BCUT2D eigenvalue weighted by Crippen LogP contribution is -2.38. The number of aliphatic hydroxyl groups is 1. The van der Waals surface area contributed by atoms with Crippen molar-refractivity contribution in [1.29, 1.82) is 0 Å². The van der Waals surface area contributed by atoms with Gasteiger partial charge in [-0.1, -0.05) is 13.8 Å². The van der Waals surface area contributed by atoms with E-state index in [1.54, 1.807) is 0 Å². The first kappa shape index (κ1) is 20.2. The highest BCUT2D eigenvalue weighted by atomic mass is 16.3. The second kappa shape index (κ2) is 12.9. The van der Waals surface area contributed by atoms with Crippen LogP contribution >= 0.6 is 0 Å². The maximum atomic E-state index is 11.5. The molecule has 1 unspecified atom stereocenters. The number of rotatable bonds is 14. The average molecular weight is 301 g/mol. The van der Waals surface area contributed by atoms with Crippen LogP contribution in [0.1, 0.15) is 46.0 Å². The monoisotopic (exact) mass is 301 g/mol. The van der Waals surface area contributed by atoms with Crippen molar-refractivity contribution in [2.45, 2.75) is 52.2 Å². The molecule has 0 saturated heterocycles. The van der Waals surface area contributed by atoms with Gasteiger partial charge in [-0.2, -0.15) is 0 Å². The molecule has 6 heteroatoms. The van der Waals surface area contributed by atoms with E-state index in [0.29, 0.717) is 64.8 Å². The Morgan fingerprint density at radius 3 is 2.24 bits per heavy atom. The Morgan fingerprint density at radius 1 is 1.10 bits per heavy atom. The molecule has 0 fully saturated rings. The van der Waals surface area contributed by atoms with Gasteiger partial charge in [-0.05, 0) is 13.0 Å². The normalized spacial score (nSPS) is 12.6. The maximum Gasteiger partial charge on any atom is 0.135 e. The summed E-state index contributed by atoms with van der Waals surface area (Å²) < 4.78 is 0. The Balaban J connectivity index is 4.13. The Morgan fingerprint density at radius 2 is 1.71 bits per heavy atom. The van der Waals surface area contributed by atoms with Crippen molar-refractivity contribution < 1.29 is 14.7 Å². The summed E-state index contributed by atoms with van der Waals surface area (Å²) >= 11 is 0. The van der Waals surface area contributed by atoms with Crippen molar-refractivity contribution >= 4 is 11.6 Å². The number of carbonyl (C=O) groups is 2. The first-order valence-corrected chi connectivity index (χ1v) is 7.90. The van der Waals surface area contributed by atoms with E-state index in [0.717, 1.165) is 0 Å². The first-order valence-electron chi connectivity index (χ1n) is 7.90. The largest absolute Gasteiger partial charge is 0.379 e. The molecule has 21 heavy (non-hydrogen) atoms. The SMILES string of the molecule is CCC(=O)CCN(CCNC(O)CC)CCC(=O)CCN. The fraction of sp³-hybridized carbons (Fsp3) is 0.867. The van der Waals surface area contributed by atoms with Gasteiger partial charge in [-0.15, -0.1) is 0 Å². The van der Waals surface area contributed by atoms with Gasteiger partial charge in [-0.3, -0.25) is 14.9 Å². The number of Topliss-reactive ketones (excluding diaryl/α,β-unsaturated/α-hetero) is 2. The second-order valence-corrected chi connectivity index (χ2v) is 5.19. The average Bonchev–Trinajstić information content (AvgIpc) is 2.48. The van der Waals surface area contributed by atoms with E-state index in [9.17, 15) is 14.7 Å². The van der Waals surface area contributed by atoms with Crippen molar-refractivity contribution in [3.8, 4) is 0 Å². The van der Waals surface area contributed by atoms with E-state index in [1.165, 1.54) is 0 Å². The van der Waals surface area contributed by atoms with Crippen LogP contribution in [0.3, 0.4) is 0 Å². The number of hydrogen-bond donors (Lipinski definition) is 3. The molecule has 0 rings (SSSR count). The minimum absolute atomic E-state index is 0.158. The zero-order chi connectivity index (χ0) is 16.1. The van der Waals surface area contributed by atoms with Crippen LogP contribution in [0.5, 0.6) is 0 Å². The van der Waals surface area contributed by atoms with E-state index in [2.05, 4.69) is 10.2 Å². The van der Waals surface area contributed by atoms with E-state index < -0.39 is 6.23 Å². The fourth-order valence-electron chi connectivity index (χ4n) is 1.90. The maximum absolute atomic E-state index is 11.5. The van der Waals surface area contributed by atoms with Gasteiger partial charge < -0.3 is 15.7 Å². The predicted octanol–water partition coefficient (Wildman–Crippen LogP) is 0.284. The Kier molecular flexibility index (Phi) is 12.4. The van der Waals surface area contributed by atoms with E-state index in [4.69, 9.17) is 5.73 Å². The lowest BCUT2D eigenvalue weighted by molar-refractivity contribution is -0.119. The molecule has 1 atom stereocenters. The molecule has 0 aliphatic heterocycles. The van der Waals surface area contributed by atoms with Crippen molar-refractivity contribution in [3.05, 3.63) is 0 Å². The zero-order valence-corrected chi connectivity index (χ0v) is 13.4. The number of carbonyl (C=O) groups excluding carboxylic acids is 2. The minimum Gasteiger partial charge on any atom is -0.379 e. The summed E-state index contributed by atoms with van der Waals surface area (Å²) in [4.78, 5) is 25.1. The molecule has 124 valence electrons. The van der Waals surface area contributed by atoms with Crippen LogP contribution < -0.4 is 11.1 Å². The highest BCUT2D eigenvalue weighted by Gasteiger charge is 2.10. The molecular weight excluding hydrogens is 270 g/mol. The van der Waals surface area contributed by atoms with E-state index in [1.807, 2.05) is 13.8 Å². The van der Waals surface area contributed by atoms with Crippen LogP contribution in [0.25, 0.3) is 0 Å². The lowest BCUT2D eigenvalue weighted by atomic mass is 10.2. The first-order chi connectivity index (χ1) is 10.0. The fourth-order valence-corrected chi connectivity index (χ4v) is 1.90. The second-order valence-electron chi connectivity index (χ2n) is 5.19. The summed E-state index contributed by atoms with van der Waals surface area (Å²) in [6.45, 7) is 6.80. The number of hydrogen-bond acceptors (Lipinski definition) is 6. The van der Waals surface area contributed by atoms with E-state index >= 15 is 0 Å². The highest BCUT2D eigenvalue weighted by Crippen LogP contribution is 1.99. The van der Waals surface area contributed by atoms with Gasteiger partial charge in [0.05, 0.1) is 0 Å². The molecule has 0 aromatic carbocycles. The van der Waals surface area contributed by atoms with Crippen LogP contribution in [0.15, 0.2) is 0 Å². The number of nitrogens with one attached hydrogen (secondary N) is 1. The Labute approximate surface area is 128 Å². The van der Waals surface area contributed by atoms with Gasteiger partial charge in [0.15, 0.2) is 0 Å². The molecule has 0 aliphatic rings. The smallest absolute Gasteiger partial charge is 0.135 e. The summed E-state index contributed by atoms with van der Waals surface area (Å²) in [5.74, 6) is 0.390. The summed E-state index contributed by atoms with van der Waals surface area (Å²) in [6, 6.07) is 0. The standard InChI is InChI=1S/C15H31N3O3/c1-3-13(19)6-10-18(11-7-14(20)5-8-16)12-9-17-15(21)4-2/h15,17,21H,3-12,16H2,1-2H3. The molecule has 0 heterocycles. The van der Waals surface area contributed by atoms with Gasteiger partial charge in [0.25, 0.3) is 0 Å². The lowest BCUT2D eigenvalue weighted by Gasteiger charge is -2.22. The molecule has 0 aromatic rings. The molecule has 0 spiro atoms. The summed E-state index contributed by atoms with van der Waals surface area (Å²) in [7, 11) is 0. The van der Waals surface area contributed by atoms with Crippen LogP contribution in [0.2, 0.25) is 0 Å². The molecule has 4 N–H and O–H groups in total. The van der Waals surface area contributed by atoms with Crippen molar-refractivity contribution in [1.82, 2.24) is 10.2 Å². The quantitative estimate of drug-likeness (QED) is 0.399. The Hall–Kier alpha value is -0.820. The van der Waals surface area contributed by atoms with Crippen LogP contribution in [0.4, 0.5) is 0 Å². The zero-order valence-electron chi connectivity index (χ0n) is 13.4. The summed E-state index contributed by atoms with van der Waals surface area (Å²) in [5.41, 5.74) is 5.36. The van der Waals surface area contributed by atoms with Gasteiger partial charge >= 0.3 is 0 Å². The van der Waals surface area contributed by atoms with Gasteiger partial charge in [-0.25, -0.2) is 0 Å². The molecule has 0 amide bonds. The molecule has 6 nitrogen and oxygen atoms in total. The Bertz CT molecular complexity index is 298. The molecule has 0 aromatic heterocycles. The third-order valence-corrected chi connectivity index (χ3v) is 3.43. The number of nitrogens with two attached hydrogens (primary N) is 1. The molecule has 0 saturated carbocycles. The van der Waals surface area contributed by atoms with Gasteiger partial charge in [0, 0.05) is 51.9 Å². The van der Waals surface area contributed by atoms with Crippen molar-refractivity contribution in [3.63, 3.8) is 0 Å². The van der Waals surface area contributed by atoms with Crippen LogP contribution in [-0.2, 0) is 9.59 Å². The topological polar surface area (TPSA) is 95.7 Å². The van der Waals surface area contributed by atoms with Crippen LogP contribution in [0, 0.1) is 0 Å². The number of nitrogens with zero attached hydrogens (tertiary/aromatic N) is 1. The van der Waals surface area contributed by atoms with Crippen molar-refractivity contribution in [2.24, 2.45) is 5.73 Å². The van der Waals surface area contributed by atoms with Gasteiger partial charge in [0.1, 0.15) is 17.8 Å². The number of aliphatic hydroxyl groups excluding tert-OH is 1. The third kappa shape index (κ3) is 11.5. The molecule has 0 bridgehead atoms. The van der Waals surface area contributed by atoms with Crippen molar-refractivity contribution in [2.75, 3.05) is 32.7 Å². The van der Waals surface area contributed by atoms with E-state index in [-0.39, 0.29) is 11.6 Å². The molecule has 0 aliphatic carbocycles. The minimum atomic E-state index is -0.497. The molecule has 0 radical (unpaired) electrons. The summed E-state index contributed by atoms with van der Waals surface area (Å²) in [6.07, 6.45) is 2.10. The highest BCUT2D eigenvalue weighted by molar-refractivity contribution is 5.79. The summed E-state index contributed by atoms with van der Waals surface area (Å²) in [5, 5.41) is 12.5. The number of ketones is 2. The van der Waals surface area contributed by atoms with Gasteiger partial charge in [0.2, 0.25) is 0 Å². The molecular formula is C15H31N3O3. The van der Waals surface area contributed by atoms with Crippen LogP contribution in [-0.4, -0.2) is 60.5 Å².